The molecule has 1 amide bonds. The number of carbonyl (C=O) groups excluding carboxylic acids is 1. The summed E-state index contributed by atoms with van der Waals surface area (Å²) in [5.41, 5.74) is 1.86. The average molecular weight is 252 g/mol. The lowest BCUT2D eigenvalue weighted by Gasteiger charge is -2.12. The summed E-state index contributed by atoms with van der Waals surface area (Å²) in [5, 5.41) is 11.3. The van der Waals surface area contributed by atoms with Crippen molar-refractivity contribution < 1.29 is 19.4 Å². The number of hydrogen-bond acceptors (Lipinski definition) is 4. The fourth-order valence-electron chi connectivity index (χ4n) is 1.48. The Hall–Kier alpha value is -1.95. The van der Waals surface area contributed by atoms with Crippen molar-refractivity contribution in [1.29, 1.82) is 0 Å². The van der Waals surface area contributed by atoms with Crippen LogP contribution in [0.4, 0.5) is 0 Å². The molecule has 0 saturated heterocycles. The second kappa shape index (κ2) is 6.11. The van der Waals surface area contributed by atoms with Gasteiger partial charge < -0.3 is 15.2 Å². The van der Waals surface area contributed by atoms with E-state index in [0.29, 0.717) is 11.3 Å². The van der Waals surface area contributed by atoms with Crippen LogP contribution in [-0.4, -0.2) is 41.7 Å². The van der Waals surface area contributed by atoms with E-state index in [0.717, 1.165) is 5.69 Å². The predicted molar refractivity (Wildman–Crippen MR) is 64.5 cm³/mol. The monoisotopic (exact) mass is 252 g/mol. The number of aromatic nitrogens is 1. The first-order valence-corrected chi connectivity index (χ1v) is 5.43. The topological polar surface area (TPSA) is 88.5 Å². The molecule has 0 aliphatic rings. The maximum atomic E-state index is 11.8. The number of carboxylic acid groups (broad SMARTS) is 1. The van der Waals surface area contributed by atoms with Gasteiger partial charge in [0.25, 0.3) is 5.91 Å². The minimum absolute atomic E-state index is 0.0853. The van der Waals surface area contributed by atoms with Gasteiger partial charge in [-0.15, -0.1) is 0 Å². The molecule has 98 valence electrons. The van der Waals surface area contributed by atoms with Crippen molar-refractivity contribution >= 4 is 11.9 Å². The summed E-state index contributed by atoms with van der Waals surface area (Å²) in [6.45, 7) is 3.48. The van der Waals surface area contributed by atoms with Crippen molar-refractivity contribution in [3.8, 4) is 0 Å². The highest BCUT2D eigenvalue weighted by Gasteiger charge is 2.18. The zero-order valence-corrected chi connectivity index (χ0v) is 10.6. The van der Waals surface area contributed by atoms with E-state index >= 15 is 0 Å². The van der Waals surface area contributed by atoms with E-state index in [2.05, 4.69) is 10.3 Å². The zero-order valence-electron chi connectivity index (χ0n) is 10.6. The van der Waals surface area contributed by atoms with E-state index in [9.17, 15) is 9.59 Å². The van der Waals surface area contributed by atoms with Crippen LogP contribution in [-0.2, 0) is 9.53 Å². The van der Waals surface area contributed by atoms with Crippen molar-refractivity contribution in [2.75, 3.05) is 13.7 Å². The Morgan fingerprint density at radius 1 is 1.44 bits per heavy atom. The minimum atomic E-state index is -1.11. The summed E-state index contributed by atoms with van der Waals surface area (Å²) in [6.07, 6.45) is -1.05. The number of pyridine rings is 1. The van der Waals surface area contributed by atoms with Gasteiger partial charge in [-0.05, 0) is 26.0 Å². The Balaban J connectivity index is 2.68. The number of carbonyl (C=O) groups is 2. The highest BCUT2D eigenvalue weighted by molar-refractivity contribution is 5.95. The van der Waals surface area contributed by atoms with Crippen molar-refractivity contribution in [1.82, 2.24) is 10.3 Å². The van der Waals surface area contributed by atoms with Crippen LogP contribution < -0.4 is 5.32 Å². The van der Waals surface area contributed by atoms with Crippen LogP contribution in [0.15, 0.2) is 12.1 Å². The molecular weight excluding hydrogens is 236 g/mol. The first-order chi connectivity index (χ1) is 8.45. The average Bonchev–Trinajstić information content (AvgIpc) is 2.28. The molecule has 6 nitrogen and oxygen atoms in total. The van der Waals surface area contributed by atoms with E-state index in [1.165, 1.54) is 7.11 Å². The standard InChI is InChI=1S/C12H16N2O4/c1-7-4-5-9(8(2)14-7)11(15)13-6-10(18-3)12(16)17/h4-5,10H,6H2,1-3H3,(H,13,15)(H,16,17). The van der Waals surface area contributed by atoms with Gasteiger partial charge >= 0.3 is 5.97 Å². The number of methoxy groups -OCH3 is 1. The number of carboxylic acids is 1. The SMILES string of the molecule is COC(CNC(=O)c1ccc(C)nc1C)C(=O)O. The molecule has 0 bridgehead atoms. The van der Waals surface area contributed by atoms with Gasteiger partial charge in [-0.3, -0.25) is 9.78 Å². The quantitative estimate of drug-likeness (QED) is 0.798. The van der Waals surface area contributed by atoms with E-state index in [4.69, 9.17) is 9.84 Å². The molecule has 0 radical (unpaired) electrons. The maximum absolute atomic E-state index is 11.8. The molecular formula is C12H16N2O4. The van der Waals surface area contributed by atoms with Crippen molar-refractivity contribution in [2.45, 2.75) is 20.0 Å². The van der Waals surface area contributed by atoms with Gasteiger partial charge in [0.2, 0.25) is 0 Å². The number of aryl methyl sites for hydroxylation is 2. The van der Waals surface area contributed by atoms with Crippen molar-refractivity contribution in [2.24, 2.45) is 0 Å². The van der Waals surface area contributed by atoms with E-state index in [-0.39, 0.29) is 12.5 Å². The summed E-state index contributed by atoms with van der Waals surface area (Å²) >= 11 is 0. The van der Waals surface area contributed by atoms with Gasteiger partial charge in [0, 0.05) is 12.8 Å². The number of rotatable bonds is 5. The van der Waals surface area contributed by atoms with Crippen LogP contribution >= 0.6 is 0 Å². The Labute approximate surface area is 105 Å². The molecule has 1 aromatic heterocycles. The molecule has 1 unspecified atom stereocenters. The van der Waals surface area contributed by atoms with Gasteiger partial charge in [0.15, 0.2) is 6.10 Å². The normalized spacial score (nSPS) is 11.9. The smallest absolute Gasteiger partial charge is 0.334 e. The summed E-state index contributed by atoms with van der Waals surface area (Å²) in [7, 11) is 1.28. The molecule has 1 heterocycles. The summed E-state index contributed by atoms with van der Waals surface area (Å²) in [6, 6.07) is 3.39. The van der Waals surface area contributed by atoms with Gasteiger partial charge in [0.1, 0.15) is 0 Å². The highest BCUT2D eigenvalue weighted by Crippen LogP contribution is 2.06. The van der Waals surface area contributed by atoms with Crippen LogP contribution in [0.5, 0.6) is 0 Å². The molecule has 0 aliphatic heterocycles. The molecule has 18 heavy (non-hydrogen) atoms. The second-order valence-corrected chi connectivity index (χ2v) is 3.86. The number of ether oxygens (including phenoxy) is 1. The third-order valence-electron chi connectivity index (χ3n) is 2.48. The van der Waals surface area contributed by atoms with Crippen molar-refractivity contribution in [3.63, 3.8) is 0 Å². The number of nitrogens with one attached hydrogen (secondary N) is 1. The van der Waals surface area contributed by atoms with Gasteiger partial charge in [-0.25, -0.2) is 4.79 Å². The molecule has 1 atom stereocenters. The fourth-order valence-corrected chi connectivity index (χ4v) is 1.48. The second-order valence-electron chi connectivity index (χ2n) is 3.86. The third kappa shape index (κ3) is 3.53. The molecule has 1 aromatic rings. The molecule has 0 spiro atoms. The number of nitrogens with zero attached hydrogens (tertiary/aromatic N) is 1. The van der Waals surface area contributed by atoms with E-state index in [1.54, 1.807) is 19.1 Å². The first-order valence-electron chi connectivity index (χ1n) is 5.43. The minimum Gasteiger partial charge on any atom is -0.479 e. The lowest BCUT2D eigenvalue weighted by molar-refractivity contribution is -0.148. The van der Waals surface area contributed by atoms with Crippen molar-refractivity contribution in [3.05, 3.63) is 29.1 Å². The Morgan fingerprint density at radius 2 is 2.11 bits per heavy atom. The number of aliphatic carboxylic acids is 1. The molecule has 0 aromatic carbocycles. The largest absolute Gasteiger partial charge is 0.479 e. The van der Waals surface area contributed by atoms with Crippen LogP contribution in [0.25, 0.3) is 0 Å². The van der Waals surface area contributed by atoms with Crippen LogP contribution in [0.1, 0.15) is 21.7 Å². The third-order valence-corrected chi connectivity index (χ3v) is 2.48. The van der Waals surface area contributed by atoms with Gasteiger partial charge in [-0.1, -0.05) is 0 Å². The van der Waals surface area contributed by atoms with E-state index < -0.39 is 12.1 Å². The zero-order chi connectivity index (χ0) is 13.7. The number of amides is 1. The molecule has 0 fully saturated rings. The molecule has 0 aliphatic carbocycles. The van der Waals surface area contributed by atoms with Crippen LogP contribution in [0.3, 0.4) is 0 Å². The van der Waals surface area contributed by atoms with Crippen LogP contribution in [0, 0.1) is 13.8 Å². The lowest BCUT2D eigenvalue weighted by Crippen LogP contribution is -2.38. The van der Waals surface area contributed by atoms with Gasteiger partial charge in [-0.2, -0.15) is 0 Å². The van der Waals surface area contributed by atoms with Gasteiger partial charge in [0.05, 0.1) is 17.8 Å². The molecule has 2 N–H and O–H groups in total. The highest BCUT2D eigenvalue weighted by atomic mass is 16.5. The Bertz CT molecular complexity index is 459. The summed E-state index contributed by atoms with van der Waals surface area (Å²) in [4.78, 5) is 26.7. The molecule has 6 heteroatoms. The lowest BCUT2D eigenvalue weighted by atomic mass is 10.1. The molecule has 0 saturated carbocycles. The number of hydrogen-bond donors (Lipinski definition) is 2. The maximum Gasteiger partial charge on any atom is 0.334 e. The van der Waals surface area contributed by atoms with Crippen LogP contribution in [0.2, 0.25) is 0 Å². The summed E-state index contributed by atoms with van der Waals surface area (Å²) in [5.74, 6) is -1.47. The Morgan fingerprint density at radius 3 is 2.61 bits per heavy atom. The molecule has 1 rings (SSSR count). The fraction of sp³-hybridized carbons (Fsp3) is 0.417. The summed E-state index contributed by atoms with van der Waals surface area (Å²) < 4.78 is 4.72. The first kappa shape index (κ1) is 14.1. The Kier molecular flexibility index (Phi) is 4.79. The van der Waals surface area contributed by atoms with E-state index in [1.807, 2.05) is 6.92 Å². The predicted octanol–water partition coefficient (Wildman–Crippen LogP) is 0.528.